The van der Waals surface area contributed by atoms with E-state index in [-0.39, 0.29) is 24.2 Å². The van der Waals surface area contributed by atoms with Crippen molar-refractivity contribution in [3.8, 4) is 0 Å². The molecule has 4 rings (SSSR count). The number of methoxy groups -OCH3 is 1. The Labute approximate surface area is 210 Å². The number of carbonyl (C=O) groups excluding carboxylic acids is 2. The molecular formula is C27H34FN5O3. The van der Waals surface area contributed by atoms with Crippen LogP contribution in [-0.2, 0) is 22.6 Å². The van der Waals surface area contributed by atoms with Gasteiger partial charge < -0.3 is 25.3 Å². The van der Waals surface area contributed by atoms with Gasteiger partial charge in [0.05, 0.1) is 24.4 Å². The number of nitrogens with zero attached hydrogens (tertiary/aromatic N) is 3. The minimum atomic E-state index is -0.360. The maximum absolute atomic E-state index is 13.5. The number of hydrogen-bond acceptors (Lipinski definition) is 5. The van der Waals surface area contributed by atoms with Crippen LogP contribution in [0.5, 0.6) is 0 Å². The van der Waals surface area contributed by atoms with Crippen molar-refractivity contribution in [3.05, 3.63) is 64.6 Å². The van der Waals surface area contributed by atoms with Crippen LogP contribution in [0.3, 0.4) is 0 Å². The quantitative estimate of drug-likeness (QED) is 0.476. The lowest BCUT2D eigenvalue weighted by molar-refractivity contribution is -0.119. The van der Waals surface area contributed by atoms with E-state index < -0.39 is 0 Å². The smallest absolute Gasteiger partial charge is 0.254 e. The molecule has 1 aliphatic heterocycles. The highest BCUT2D eigenvalue weighted by Gasteiger charge is 2.25. The predicted molar refractivity (Wildman–Crippen MR) is 139 cm³/mol. The Bertz CT molecular complexity index is 1250. The number of amides is 2. The highest BCUT2D eigenvalue weighted by atomic mass is 19.1. The third-order valence-corrected chi connectivity index (χ3v) is 6.93. The second kappa shape index (κ2) is 11.1. The van der Waals surface area contributed by atoms with Crippen LogP contribution in [0.15, 0.2) is 36.4 Å². The summed E-state index contributed by atoms with van der Waals surface area (Å²) < 4.78 is 20.9. The molecule has 0 atom stereocenters. The second-order valence-corrected chi connectivity index (χ2v) is 9.29. The molecule has 2 aromatic carbocycles. The number of benzene rings is 2. The van der Waals surface area contributed by atoms with E-state index in [9.17, 15) is 14.0 Å². The van der Waals surface area contributed by atoms with E-state index in [1.54, 1.807) is 19.2 Å². The molecule has 0 radical (unpaired) electrons. The fourth-order valence-electron chi connectivity index (χ4n) is 4.81. The van der Waals surface area contributed by atoms with Crippen LogP contribution in [0.2, 0.25) is 0 Å². The standard InChI is InChI=1S/C27H34FN5O3/c1-18-19(2)33(12-13-36-3)26-23(18)14-21(15-24(26)30-16-20-4-6-22(28)7-5-20)27(35)32-10-8-31(9-11-32)17-25(29)34/h4-7,14-15,30H,8-13,16-17H2,1-3H3,(H2,29,34). The number of aryl methyl sites for hydroxylation is 1. The van der Waals surface area contributed by atoms with Crippen molar-refractivity contribution < 1.29 is 18.7 Å². The van der Waals surface area contributed by atoms with Gasteiger partial charge in [-0.25, -0.2) is 4.39 Å². The third-order valence-electron chi connectivity index (χ3n) is 6.93. The van der Waals surface area contributed by atoms with Crippen LogP contribution in [-0.4, -0.2) is 72.6 Å². The van der Waals surface area contributed by atoms with Gasteiger partial charge in [-0.2, -0.15) is 0 Å². The number of nitrogens with two attached hydrogens (primary N) is 1. The largest absolute Gasteiger partial charge is 0.383 e. The van der Waals surface area contributed by atoms with Crippen molar-refractivity contribution in [2.24, 2.45) is 5.73 Å². The lowest BCUT2D eigenvalue weighted by Gasteiger charge is -2.34. The van der Waals surface area contributed by atoms with Crippen LogP contribution in [0.4, 0.5) is 10.1 Å². The van der Waals surface area contributed by atoms with Crippen LogP contribution in [0, 0.1) is 19.7 Å². The summed E-state index contributed by atoms with van der Waals surface area (Å²) >= 11 is 0. The molecule has 0 unspecified atom stereocenters. The van der Waals surface area contributed by atoms with E-state index in [4.69, 9.17) is 10.5 Å². The number of halogens is 1. The first-order valence-corrected chi connectivity index (χ1v) is 12.2. The molecule has 1 aromatic heterocycles. The van der Waals surface area contributed by atoms with E-state index in [0.29, 0.717) is 51.4 Å². The molecule has 9 heteroatoms. The summed E-state index contributed by atoms with van der Waals surface area (Å²) in [6.45, 7) is 8.40. The number of hydrogen-bond donors (Lipinski definition) is 2. The SMILES string of the molecule is COCCn1c(C)c(C)c2cc(C(=O)N3CCN(CC(N)=O)CC3)cc(NCc3ccc(F)cc3)c21. The van der Waals surface area contributed by atoms with Crippen LogP contribution >= 0.6 is 0 Å². The number of rotatable bonds is 9. The van der Waals surface area contributed by atoms with Gasteiger partial charge in [-0.1, -0.05) is 12.1 Å². The van der Waals surface area contributed by atoms with Crippen molar-refractivity contribution in [2.45, 2.75) is 26.9 Å². The van der Waals surface area contributed by atoms with Gasteiger partial charge in [0, 0.05) is 63.0 Å². The molecule has 1 aliphatic rings. The Hall–Kier alpha value is -3.43. The number of piperazine rings is 1. The molecule has 3 aromatic rings. The molecule has 2 amide bonds. The lowest BCUT2D eigenvalue weighted by atomic mass is 10.1. The van der Waals surface area contributed by atoms with Crippen molar-refractivity contribution in [1.82, 2.24) is 14.4 Å². The van der Waals surface area contributed by atoms with E-state index >= 15 is 0 Å². The first-order valence-electron chi connectivity index (χ1n) is 12.2. The van der Waals surface area contributed by atoms with Gasteiger partial charge in [-0.3, -0.25) is 14.5 Å². The van der Waals surface area contributed by atoms with Gasteiger partial charge in [-0.15, -0.1) is 0 Å². The Balaban J connectivity index is 1.67. The van der Waals surface area contributed by atoms with Crippen LogP contribution < -0.4 is 11.1 Å². The minimum absolute atomic E-state index is 0.0397. The van der Waals surface area contributed by atoms with Gasteiger partial charge in [0.1, 0.15) is 5.82 Å². The summed E-state index contributed by atoms with van der Waals surface area (Å²) in [5.41, 5.74) is 11.0. The number of carbonyl (C=O) groups is 2. The molecule has 0 bridgehead atoms. The zero-order valence-electron chi connectivity index (χ0n) is 21.1. The van der Waals surface area contributed by atoms with E-state index in [0.717, 1.165) is 33.4 Å². The first-order chi connectivity index (χ1) is 17.3. The molecule has 3 N–H and O–H groups in total. The van der Waals surface area contributed by atoms with Crippen LogP contribution in [0.25, 0.3) is 10.9 Å². The second-order valence-electron chi connectivity index (χ2n) is 9.29. The van der Waals surface area contributed by atoms with Gasteiger partial charge in [0.2, 0.25) is 5.91 Å². The van der Waals surface area contributed by atoms with Gasteiger partial charge in [0.15, 0.2) is 0 Å². The van der Waals surface area contributed by atoms with E-state index in [1.807, 2.05) is 21.9 Å². The average molecular weight is 496 g/mol. The average Bonchev–Trinajstić information content (AvgIpc) is 3.11. The first kappa shape index (κ1) is 25.7. The van der Waals surface area contributed by atoms with Crippen molar-refractivity contribution in [1.29, 1.82) is 0 Å². The summed E-state index contributed by atoms with van der Waals surface area (Å²) in [5.74, 6) is -0.674. The summed E-state index contributed by atoms with van der Waals surface area (Å²) in [4.78, 5) is 28.6. The van der Waals surface area contributed by atoms with Gasteiger partial charge in [-0.05, 0) is 49.2 Å². The normalized spacial score (nSPS) is 14.4. The van der Waals surface area contributed by atoms with Crippen molar-refractivity contribution in [2.75, 3.05) is 51.8 Å². The Morgan fingerprint density at radius 2 is 1.78 bits per heavy atom. The molecule has 1 fully saturated rings. The molecule has 1 saturated heterocycles. The van der Waals surface area contributed by atoms with Gasteiger partial charge in [0.25, 0.3) is 5.91 Å². The number of primary amides is 1. The Morgan fingerprint density at radius 1 is 1.08 bits per heavy atom. The van der Waals surface area contributed by atoms with E-state index in [2.05, 4.69) is 23.7 Å². The predicted octanol–water partition coefficient (Wildman–Crippen LogP) is 2.90. The summed E-state index contributed by atoms with van der Waals surface area (Å²) in [5, 5.41) is 4.51. The van der Waals surface area contributed by atoms with Crippen LogP contribution in [0.1, 0.15) is 27.2 Å². The Morgan fingerprint density at radius 3 is 2.42 bits per heavy atom. The fraction of sp³-hybridized carbons (Fsp3) is 0.407. The number of anilines is 1. The molecule has 2 heterocycles. The minimum Gasteiger partial charge on any atom is -0.383 e. The third kappa shape index (κ3) is 5.52. The highest BCUT2D eigenvalue weighted by Crippen LogP contribution is 2.33. The maximum atomic E-state index is 13.5. The lowest BCUT2D eigenvalue weighted by Crippen LogP contribution is -2.50. The summed E-state index contributed by atoms with van der Waals surface area (Å²) in [6, 6.07) is 10.3. The Kier molecular flexibility index (Phi) is 7.91. The topological polar surface area (TPSA) is 92.8 Å². The number of fused-ring (bicyclic) bond motifs is 1. The zero-order valence-corrected chi connectivity index (χ0v) is 21.1. The number of nitrogens with one attached hydrogen (secondary N) is 1. The molecule has 0 saturated carbocycles. The zero-order chi connectivity index (χ0) is 25.8. The summed E-state index contributed by atoms with van der Waals surface area (Å²) in [6.07, 6.45) is 0. The molecule has 0 aliphatic carbocycles. The number of ether oxygens (including phenoxy) is 1. The highest BCUT2D eigenvalue weighted by molar-refractivity contribution is 6.04. The molecular weight excluding hydrogens is 461 g/mol. The number of aromatic nitrogens is 1. The molecule has 36 heavy (non-hydrogen) atoms. The maximum Gasteiger partial charge on any atom is 0.254 e. The molecule has 0 spiro atoms. The summed E-state index contributed by atoms with van der Waals surface area (Å²) in [7, 11) is 1.68. The van der Waals surface area contributed by atoms with E-state index in [1.165, 1.54) is 12.1 Å². The fourth-order valence-corrected chi connectivity index (χ4v) is 4.81. The van der Waals surface area contributed by atoms with Crippen molar-refractivity contribution in [3.63, 3.8) is 0 Å². The monoisotopic (exact) mass is 495 g/mol. The van der Waals surface area contributed by atoms with Gasteiger partial charge >= 0.3 is 0 Å². The molecule has 192 valence electrons. The molecule has 8 nitrogen and oxygen atoms in total. The van der Waals surface area contributed by atoms with Crippen molar-refractivity contribution >= 4 is 28.4 Å².